The summed E-state index contributed by atoms with van der Waals surface area (Å²) in [5.41, 5.74) is 14.2. The molecule has 2 aromatic heterocycles. The number of nitrogens with zero attached hydrogens (tertiary/aromatic N) is 3. The fraction of sp³-hybridized carbons (Fsp3) is 0. The van der Waals surface area contributed by atoms with Crippen LogP contribution in [0.15, 0.2) is 176 Å². The van der Waals surface area contributed by atoms with Crippen LogP contribution < -0.4 is 0 Å². The standard InChI is InChI=1S/C45H30N4/c1-4-16-30(17-5-1)33-22-10-12-25-37(33)42-44(38-26-13-11-23-34(38)31-18-6-2-7-19-31)47-49-48-45(42)41-35(32-20-8-3-9-21-32)28-29-39-36-24-14-15-27-40(36)46-43(39)41/h1-29,46H. The van der Waals surface area contributed by atoms with Crippen LogP contribution in [0.4, 0.5) is 0 Å². The van der Waals surface area contributed by atoms with E-state index in [-0.39, 0.29) is 0 Å². The minimum Gasteiger partial charge on any atom is -0.354 e. The van der Waals surface area contributed by atoms with Gasteiger partial charge < -0.3 is 4.98 Å². The zero-order valence-electron chi connectivity index (χ0n) is 26.6. The largest absolute Gasteiger partial charge is 0.354 e. The maximum atomic E-state index is 4.97. The average molecular weight is 627 g/mol. The number of benzene rings is 7. The second kappa shape index (κ2) is 12.2. The minimum atomic E-state index is 0.771. The molecule has 2 heterocycles. The van der Waals surface area contributed by atoms with Crippen LogP contribution in [0.1, 0.15) is 0 Å². The van der Waals surface area contributed by atoms with E-state index >= 15 is 0 Å². The molecule has 0 saturated heterocycles. The molecule has 0 aliphatic heterocycles. The highest BCUT2D eigenvalue weighted by Crippen LogP contribution is 2.48. The third-order valence-electron chi connectivity index (χ3n) is 9.32. The molecule has 0 bridgehead atoms. The fourth-order valence-electron chi connectivity index (χ4n) is 7.10. The number of hydrogen-bond acceptors (Lipinski definition) is 3. The van der Waals surface area contributed by atoms with Crippen molar-refractivity contribution in [1.29, 1.82) is 0 Å². The van der Waals surface area contributed by atoms with Gasteiger partial charge in [0.25, 0.3) is 0 Å². The number of aromatic amines is 1. The van der Waals surface area contributed by atoms with E-state index in [4.69, 9.17) is 10.2 Å². The molecule has 4 nitrogen and oxygen atoms in total. The molecular formula is C45H30N4. The monoisotopic (exact) mass is 626 g/mol. The van der Waals surface area contributed by atoms with Crippen LogP contribution in [-0.4, -0.2) is 20.4 Å². The summed E-state index contributed by atoms with van der Waals surface area (Å²) < 4.78 is 0. The van der Waals surface area contributed by atoms with Crippen molar-refractivity contribution in [2.24, 2.45) is 0 Å². The zero-order valence-corrected chi connectivity index (χ0v) is 26.6. The molecule has 0 aliphatic rings. The maximum absolute atomic E-state index is 4.97. The minimum absolute atomic E-state index is 0.771. The fourth-order valence-corrected chi connectivity index (χ4v) is 7.10. The van der Waals surface area contributed by atoms with E-state index in [0.717, 1.165) is 83.4 Å². The van der Waals surface area contributed by atoms with Gasteiger partial charge in [0.2, 0.25) is 0 Å². The molecule has 9 aromatic rings. The van der Waals surface area contributed by atoms with Crippen LogP contribution >= 0.6 is 0 Å². The third-order valence-corrected chi connectivity index (χ3v) is 9.32. The first-order valence-corrected chi connectivity index (χ1v) is 16.5. The lowest BCUT2D eigenvalue weighted by Crippen LogP contribution is -2.03. The summed E-state index contributed by atoms with van der Waals surface area (Å²) in [6, 6.07) is 61.5. The summed E-state index contributed by atoms with van der Waals surface area (Å²) in [6.07, 6.45) is 0. The number of fused-ring (bicyclic) bond motifs is 3. The Hall–Kier alpha value is -6.65. The predicted octanol–water partition coefficient (Wildman–Crippen LogP) is 11.5. The second-order valence-corrected chi connectivity index (χ2v) is 12.1. The normalized spacial score (nSPS) is 11.3. The van der Waals surface area contributed by atoms with E-state index in [1.54, 1.807) is 0 Å². The number of nitrogens with one attached hydrogen (secondary N) is 1. The summed E-state index contributed by atoms with van der Waals surface area (Å²) in [5.74, 6) is 0. The van der Waals surface area contributed by atoms with Crippen molar-refractivity contribution in [3.05, 3.63) is 176 Å². The molecule has 0 unspecified atom stereocenters. The van der Waals surface area contributed by atoms with E-state index in [1.165, 1.54) is 5.39 Å². The Morgan fingerprint density at radius 1 is 0.327 bits per heavy atom. The summed E-state index contributed by atoms with van der Waals surface area (Å²) in [6.45, 7) is 0. The smallest absolute Gasteiger partial charge is 0.108 e. The molecule has 1 N–H and O–H groups in total. The van der Waals surface area contributed by atoms with Crippen LogP contribution in [0, 0.1) is 0 Å². The second-order valence-electron chi connectivity index (χ2n) is 12.1. The molecule has 7 aromatic carbocycles. The molecule has 49 heavy (non-hydrogen) atoms. The van der Waals surface area contributed by atoms with Crippen molar-refractivity contribution in [3.63, 3.8) is 0 Å². The third kappa shape index (κ3) is 4.98. The lowest BCUT2D eigenvalue weighted by atomic mass is 9.85. The van der Waals surface area contributed by atoms with Gasteiger partial charge in [0.05, 0.1) is 5.52 Å². The SMILES string of the molecule is c1ccc(-c2ccccc2-c2nnnc(-c3c(-c4ccccc4)ccc4c3[nH]c3ccccc34)c2-c2ccccc2-c2ccccc2)cc1. The summed E-state index contributed by atoms with van der Waals surface area (Å²) in [4.78, 5) is 3.79. The molecule has 9 rings (SSSR count). The van der Waals surface area contributed by atoms with Gasteiger partial charge in [0.15, 0.2) is 0 Å². The van der Waals surface area contributed by atoms with Crippen molar-refractivity contribution < 1.29 is 0 Å². The molecule has 4 heteroatoms. The number of H-pyrrole nitrogens is 1. The molecule has 0 spiro atoms. The van der Waals surface area contributed by atoms with Gasteiger partial charge in [-0.25, -0.2) is 0 Å². The Balaban J connectivity index is 1.44. The average Bonchev–Trinajstić information content (AvgIpc) is 3.57. The van der Waals surface area contributed by atoms with Gasteiger partial charge in [-0.3, -0.25) is 0 Å². The Kier molecular flexibility index (Phi) is 7.10. The van der Waals surface area contributed by atoms with Crippen molar-refractivity contribution in [3.8, 4) is 67.0 Å². The molecule has 230 valence electrons. The molecule has 0 radical (unpaired) electrons. The topological polar surface area (TPSA) is 54.5 Å². The van der Waals surface area contributed by atoms with Crippen molar-refractivity contribution >= 4 is 21.8 Å². The Morgan fingerprint density at radius 2 is 0.816 bits per heavy atom. The molecular weight excluding hydrogens is 597 g/mol. The van der Waals surface area contributed by atoms with Crippen molar-refractivity contribution in [1.82, 2.24) is 20.4 Å². The maximum Gasteiger partial charge on any atom is 0.108 e. The van der Waals surface area contributed by atoms with E-state index in [9.17, 15) is 0 Å². The van der Waals surface area contributed by atoms with Crippen LogP contribution in [-0.2, 0) is 0 Å². The van der Waals surface area contributed by atoms with Crippen LogP contribution in [0.5, 0.6) is 0 Å². The highest BCUT2D eigenvalue weighted by molar-refractivity contribution is 6.16. The number of rotatable bonds is 6. The molecule has 0 saturated carbocycles. The highest BCUT2D eigenvalue weighted by atomic mass is 15.3. The Bertz CT molecular complexity index is 2590. The lowest BCUT2D eigenvalue weighted by Gasteiger charge is -2.20. The number of aromatic nitrogens is 4. The van der Waals surface area contributed by atoms with Crippen LogP contribution in [0.25, 0.3) is 88.8 Å². The van der Waals surface area contributed by atoms with Gasteiger partial charge in [-0.15, -0.1) is 10.2 Å². The van der Waals surface area contributed by atoms with Gasteiger partial charge in [-0.1, -0.05) is 170 Å². The predicted molar refractivity (Wildman–Crippen MR) is 202 cm³/mol. The summed E-state index contributed by atoms with van der Waals surface area (Å²) >= 11 is 0. The number of hydrogen-bond donors (Lipinski definition) is 1. The quantitative estimate of drug-likeness (QED) is 0.200. The van der Waals surface area contributed by atoms with E-state index in [0.29, 0.717) is 0 Å². The van der Waals surface area contributed by atoms with Gasteiger partial charge in [0.1, 0.15) is 11.4 Å². The van der Waals surface area contributed by atoms with Crippen molar-refractivity contribution in [2.45, 2.75) is 0 Å². The highest BCUT2D eigenvalue weighted by Gasteiger charge is 2.26. The Labute approximate surface area is 284 Å². The summed E-state index contributed by atoms with van der Waals surface area (Å²) in [5, 5.41) is 16.7. The van der Waals surface area contributed by atoms with E-state index in [1.807, 2.05) is 6.07 Å². The van der Waals surface area contributed by atoms with Gasteiger partial charge in [-0.05, 0) is 50.2 Å². The summed E-state index contributed by atoms with van der Waals surface area (Å²) in [7, 11) is 0. The van der Waals surface area contributed by atoms with Gasteiger partial charge in [0, 0.05) is 33.0 Å². The Morgan fingerprint density at radius 3 is 1.47 bits per heavy atom. The molecule has 0 fully saturated rings. The first-order chi connectivity index (χ1) is 24.3. The van der Waals surface area contributed by atoms with Crippen LogP contribution in [0.2, 0.25) is 0 Å². The molecule has 0 amide bonds. The lowest BCUT2D eigenvalue weighted by molar-refractivity contribution is 0.879. The van der Waals surface area contributed by atoms with Crippen molar-refractivity contribution in [2.75, 3.05) is 0 Å². The molecule has 0 atom stereocenters. The molecule has 0 aliphatic carbocycles. The van der Waals surface area contributed by atoms with E-state index < -0.39 is 0 Å². The zero-order chi connectivity index (χ0) is 32.6. The first-order valence-electron chi connectivity index (χ1n) is 16.5. The van der Waals surface area contributed by atoms with E-state index in [2.05, 4.69) is 180 Å². The first kappa shape index (κ1) is 28.6. The van der Waals surface area contributed by atoms with Crippen LogP contribution in [0.3, 0.4) is 0 Å². The number of para-hydroxylation sites is 1. The van der Waals surface area contributed by atoms with Gasteiger partial charge in [-0.2, -0.15) is 0 Å². The van der Waals surface area contributed by atoms with Gasteiger partial charge >= 0.3 is 0 Å².